The van der Waals surface area contributed by atoms with Gasteiger partial charge in [-0.05, 0) is 56.4 Å². The Morgan fingerprint density at radius 1 is 1.07 bits per heavy atom. The third kappa shape index (κ3) is 6.50. The molecule has 3 nitrogen and oxygen atoms in total. The van der Waals surface area contributed by atoms with Crippen molar-refractivity contribution in [1.82, 2.24) is 5.32 Å². The van der Waals surface area contributed by atoms with E-state index in [0.29, 0.717) is 18.6 Å². The van der Waals surface area contributed by atoms with Crippen LogP contribution < -0.4 is 14.8 Å². The molecule has 3 heteroatoms. The van der Waals surface area contributed by atoms with Crippen LogP contribution in [0.25, 0.3) is 0 Å². The molecular formula is C26H37NO2. The summed E-state index contributed by atoms with van der Waals surface area (Å²) in [5.41, 5.74) is 3.98. The van der Waals surface area contributed by atoms with Gasteiger partial charge in [0.2, 0.25) is 0 Å². The zero-order valence-electron chi connectivity index (χ0n) is 18.4. The predicted octanol–water partition coefficient (Wildman–Crippen LogP) is 6.18. The molecule has 158 valence electrons. The number of benzene rings is 2. The monoisotopic (exact) mass is 395 g/mol. The van der Waals surface area contributed by atoms with Crippen molar-refractivity contribution in [2.45, 2.75) is 71.3 Å². The second-order valence-electron chi connectivity index (χ2n) is 8.39. The van der Waals surface area contributed by atoms with Gasteiger partial charge >= 0.3 is 0 Å². The highest BCUT2D eigenvalue weighted by Gasteiger charge is 2.29. The second kappa shape index (κ2) is 11.3. The number of hydrogen-bond donors (Lipinski definition) is 1. The molecule has 0 fully saturated rings. The SMILES string of the molecule is CCCCCCC1CC(CNCCOc2ccccc2)c2cc(C)cc(C)c2O1. The summed E-state index contributed by atoms with van der Waals surface area (Å²) in [5.74, 6) is 2.57. The Morgan fingerprint density at radius 2 is 1.90 bits per heavy atom. The van der Waals surface area contributed by atoms with Crippen molar-refractivity contribution in [3.63, 3.8) is 0 Å². The lowest BCUT2D eigenvalue weighted by Gasteiger charge is -2.34. The predicted molar refractivity (Wildman–Crippen MR) is 121 cm³/mol. The fourth-order valence-corrected chi connectivity index (χ4v) is 4.31. The molecule has 2 aromatic rings. The van der Waals surface area contributed by atoms with Crippen molar-refractivity contribution in [3.8, 4) is 11.5 Å². The van der Waals surface area contributed by atoms with Gasteiger partial charge in [0.25, 0.3) is 0 Å². The summed E-state index contributed by atoms with van der Waals surface area (Å²) < 4.78 is 12.3. The number of aryl methyl sites for hydroxylation is 2. The number of fused-ring (bicyclic) bond motifs is 1. The lowest BCUT2D eigenvalue weighted by Crippen LogP contribution is -2.33. The average molecular weight is 396 g/mol. The van der Waals surface area contributed by atoms with Crippen molar-refractivity contribution >= 4 is 0 Å². The minimum atomic E-state index is 0.341. The Morgan fingerprint density at radius 3 is 2.69 bits per heavy atom. The van der Waals surface area contributed by atoms with Crippen LogP contribution in [-0.2, 0) is 0 Å². The van der Waals surface area contributed by atoms with Gasteiger partial charge in [-0.3, -0.25) is 0 Å². The summed E-state index contributed by atoms with van der Waals surface area (Å²) in [6.07, 6.45) is 7.81. The number of unbranched alkanes of at least 4 members (excludes halogenated alkanes) is 3. The third-order valence-corrected chi connectivity index (χ3v) is 5.78. The van der Waals surface area contributed by atoms with E-state index in [0.717, 1.165) is 31.0 Å². The van der Waals surface area contributed by atoms with Gasteiger partial charge in [-0.2, -0.15) is 0 Å². The molecule has 2 unspecified atom stereocenters. The Labute approximate surface area is 176 Å². The first-order chi connectivity index (χ1) is 14.2. The van der Waals surface area contributed by atoms with Crippen LogP contribution in [0.5, 0.6) is 11.5 Å². The molecule has 1 aliphatic rings. The van der Waals surface area contributed by atoms with E-state index in [1.165, 1.54) is 48.8 Å². The van der Waals surface area contributed by atoms with Crippen LogP contribution in [0.2, 0.25) is 0 Å². The van der Waals surface area contributed by atoms with Gasteiger partial charge in [-0.25, -0.2) is 0 Å². The maximum atomic E-state index is 6.46. The number of nitrogens with one attached hydrogen (secondary N) is 1. The Hall–Kier alpha value is -2.00. The fraction of sp³-hybridized carbons (Fsp3) is 0.538. The van der Waals surface area contributed by atoms with Gasteiger partial charge in [0.15, 0.2) is 0 Å². The quantitative estimate of drug-likeness (QED) is 0.461. The van der Waals surface area contributed by atoms with E-state index in [1.54, 1.807) is 0 Å². The molecule has 0 spiro atoms. The summed E-state index contributed by atoms with van der Waals surface area (Å²) in [4.78, 5) is 0. The molecule has 2 atom stereocenters. The maximum absolute atomic E-state index is 6.46. The molecule has 1 heterocycles. The summed E-state index contributed by atoms with van der Waals surface area (Å²) in [6.45, 7) is 9.15. The number of rotatable bonds is 11. The zero-order chi connectivity index (χ0) is 20.5. The van der Waals surface area contributed by atoms with Crippen LogP contribution in [0.3, 0.4) is 0 Å². The highest BCUT2D eigenvalue weighted by atomic mass is 16.5. The molecule has 0 amide bonds. The smallest absolute Gasteiger partial charge is 0.126 e. The molecule has 0 saturated heterocycles. The molecule has 3 rings (SSSR count). The van der Waals surface area contributed by atoms with E-state index in [-0.39, 0.29) is 0 Å². The average Bonchev–Trinajstić information content (AvgIpc) is 2.72. The largest absolute Gasteiger partial charge is 0.492 e. The molecule has 0 bridgehead atoms. The topological polar surface area (TPSA) is 30.5 Å². The standard InChI is InChI=1S/C26H37NO2/c1-4-5-6-8-13-24-18-22(25-17-20(2)16-21(3)26(25)29-24)19-27-14-15-28-23-11-9-7-10-12-23/h7,9-12,16-17,22,24,27H,4-6,8,13-15,18-19H2,1-3H3. The molecule has 0 radical (unpaired) electrons. The van der Waals surface area contributed by atoms with Crippen LogP contribution in [0.4, 0.5) is 0 Å². The van der Waals surface area contributed by atoms with Gasteiger partial charge in [-0.15, -0.1) is 0 Å². The molecular weight excluding hydrogens is 358 g/mol. The van der Waals surface area contributed by atoms with Crippen molar-refractivity contribution in [2.75, 3.05) is 19.7 Å². The molecule has 0 aliphatic carbocycles. The molecule has 29 heavy (non-hydrogen) atoms. The fourth-order valence-electron chi connectivity index (χ4n) is 4.31. The van der Waals surface area contributed by atoms with E-state index in [2.05, 4.69) is 38.2 Å². The van der Waals surface area contributed by atoms with Crippen molar-refractivity contribution in [3.05, 3.63) is 59.2 Å². The lowest BCUT2D eigenvalue weighted by atomic mass is 9.86. The van der Waals surface area contributed by atoms with Gasteiger partial charge in [0.1, 0.15) is 18.1 Å². The van der Waals surface area contributed by atoms with Crippen LogP contribution in [-0.4, -0.2) is 25.8 Å². The normalized spacial score (nSPS) is 18.2. The Bertz CT molecular complexity index is 744. The first kappa shape index (κ1) is 21.7. The van der Waals surface area contributed by atoms with E-state index in [4.69, 9.17) is 9.47 Å². The third-order valence-electron chi connectivity index (χ3n) is 5.78. The summed E-state index contributed by atoms with van der Waals surface area (Å²) in [5, 5.41) is 3.62. The van der Waals surface area contributed by atoms with Gasteiger partial charge in [-0.1, -0.05) is 62.1 Å². The highest BCUT2D eigenvalue weighted by Crippen LogP contribution is 2.40. The van der Waals surface area contributed by atoms with E-state index >= 15 is 0 Å². The van der Waals surface area contributed by atoms with Gasteiger partial charge < -0.3 is 14.8 Å². The number of ether oxygens (including phenoxy) is 2. The van der Waals surface area contributed by atoms with Gasteiger partial charge in [0, 0.05) is 19.0 Å². The van der Waals surface area contributed by atoms with Crippen molar-refractivity contribution in [1.29, 1.82) is 0 Å². The molecule has 0 aromatic heterocycles. The van der Waals surface area contributed by atoms with Crippen LogP contribution in [0.1, 0.15) is 68.1 Å². The van der Waals surface area contributed by atoms with Gasteiger partial charge in [0.05, 0.1) is 6.10 Å². The second-order valence-corrected chi connectivity index (χ2v) is 8.39. The number of para-hydroxylation sites is 1. The van der Waals surface area contributed by atoms with Crippen molar-refractivity contribution in [2.24, 2.45) is 0 Å². The minimum absolute atomic E-state index is 0.341. The van der Waals surface area contributed by atoms with E-state index in [9.17, 15) is 0 Å². The van der Waals surface area contributed by atoms with E-state index in [1.807, 2.05) is 30.3 Å². The summed E-state index contributed by atoms with van der Waals surface area (Å²) in [7, 11) is 0. The molecule has 1 aliphatic heterocycles. The molecule has 1 N–H and O–H groups in total. The lowest BCUT2D eigenvalue weighted by molar-refractivity contribution is 0.143. The van der Waals surface area contributed by atoms with Crippen LogP contribution >= 0.6 is 0 Å². The Balaban J connectivity index is 1.55. The van der Waals surface area contributed by atoms with Crippen molar-refractivity contribution < 1.29 is 9.47 Å². The zero-order valence-corrected chi connectivity index (χ0v) is 18.4. The highest BCUT2D eigenvalue weighted by molar-refractivity contribution is 5.47. The summed E-state index contributed by atoms with van der Waals surface area (Å²) >= 11 is 0. The first-order valence-corrected chi connectivity index (χ1v) is 11.3. The number of hydrogen-bond acceptors (Lipinski definition) is 3. The molecule has 2 aromatic carbocycles. The van der Waals surface area contributed by atoms with E-state index < -0.39 is 0 Å². The maximum Gasteiger partial charge on any atom is 0.126 e. The Kier molecular flexibility index (Phi) is 8.42. The van der Waals surface area contributed by atoms with Crippen LogP contribution in [0.15, 0.2) is 42.5 Å². The molecule has 0 saturated carbocycles. The van der Waals surface area contributed by atoms with Crippen LogP contribution in [0, 0.1) is 13.8 Å². The summed E-state index contributed by atoms with van der Waals surface area (Å²) in [6, 6.07) is 14.6. The first-order valence-electron chi connectivity index (χ1n) is 11.3. The minimum Gasteiger partial charge on any atom is -0.492 e.